The van der Waals surface area contributed by atoms with Crippen LogP contribution < -0.4 is 19.5 Å². The lowest BCUT2D eigenvalue weighted by Crippen LogP contribution is -2.45. The number of urea groups is 1. The van der Waals surface area contributed by atoms with Crippen LogP contribution >= 0.6 is 0 Å². The van der Waals surface area contributed by atoms with Gasteiger partial charge in [-0.15, -0.1) is 0 Å². The predicted octanol–water partition coefficient (Wildman–Crippen LogP) is 3.70. The van der Waals surface area contributed by atoms with Crippen LogP contribution in [0.5, 0.6) is 17.2 Å². The first-order valence-corrected chi connectivity index (χ1v) is 9.53. The molecule has 0 bridgehead atoms. The fourth-order valence-electron chi connectivity index (χ4n) is 2.90. The number of hydrogen-bond donors (Lipinski definition) is 1. The summed E-state index contributed by atoms with van der Waals surface area (Å²) in [5, 5.41) is 2.80. The summed E-state index contributed by atoms with van der Waals surface area (Å²) in [6, 6.07) is 11.4. The normalized spacial score (nSPS) is 11.2. The Balaban J connectivity index is 2.32. The standard InChI is InChI=1S/C22H28N2O6/c1-6-30-21(25)15(2)24(14-16-10-8-7-9-11-16)22(26)23-17-12-18(27-3)20(29-5)19(13-17)28-4/h7-13,15H,6,14H2,1-5H3,(H,23,26). The number of methoxy groups -OCH3 is 3. The van der Waals surface area contributed by atoms with Crippen molar-refractivity contribution in [3.63, 3.8) is 0 Å². The van der Waals surface area contributed by atoms with Gasteiger partial charge in [-0.2, -0.15) is 0 Å². The van der Waals surface area contributed by atoms with Crippen molar-refractivity contribution < 1.29 is 28.5 Å². The molecule has 162 valence electrons. The first-order valence-electron chi connectivity index (χ1n) is 9.53. The molecule has 0 spiro atoms. The van der Waals surface area contributed by atoms with E-state index >= 15 is 0 Å². The zero-order chi connectivity index (χ0) is 22.1. The number of esters is 1. The van der Waals surface area contributed by atoms with E-state index in [2.05, 4.69) is 5.32 Å². The van der Waals surface area contributed by atoms with Crippen LogP contribution in [0.2, 0.25) is 0 Å². The van der Waals surface area contributed by atoms with Crippen LogP contribution in [0.1, 0.15) is 19.4 Å². The summed E-state index contributed by atoms with van der Waals surface area (Å²) < 4.78 is 21.1. The highest BCUT2D eigenvalue weighted by Crippen LogP contribution is 2.40. The summed E-state index contributed by atoms with van der Waals surface area (Å²) in [5.41, 5.74) is 1.32. The van der Waals surface area contributed by atoms with E-state index in [0.717, 1.165) is 5.56 Å². The minimum absolute atomic E-state index is 0.233. The molecule has 0 saturated carbocycles. The summed E-state index contributed by atoms with van der Waals surface area (Å²) in [6.07, 6.45) is 0. The second kappa shape index (κ2) is 10.9. The molecular formula is C22H28N2O6. The molecule has 8 heteroatoms. The Bertz CT molecular complexity index is 831. The van der Waals surface area contributed by atoms with Gasteiger partial charge in [-0.05, 0) is 19.4 Å². The molecule has 2 aromatic carbocycles. The van der Waals surface area contributed by atoms with Gasteiger partial charge in [-0.1, -0.05) is 30.3 Å². The molecule has 1 unspecified atom stereocenters. The molecule has 2 aromatic rings. The van der Waals surface area contributed by atoms with Crippen molar-refractivity contribution in [3.05, 3.63) is 48.0 Å². The van der Waals surface area contributed by atoms with Gasteiger partial charge < -0.3 is 29.2 Å². The lowest BCUT2D eigenvalue weighted by atomic mass is 10.2. The van der Waals surface area contributed by atoms with Crippen molar-refractivity contribution in [2.45, 2.75) is 26.4 Å². The van der Waals surface area contributed by atoms with Crippen LogP contribution in [-0.4, -0.2) is 50.9 Å². The van der Waals surface area contributed by atoms with Gasteiger partial charge in [-0.3, -0.25) is 0 Å². The molecule has 0 fully saturated rings. The van der Waals surface area contributed by atoms with Crippen LogP contribution in [0.25, 0.3) is 0 Å². The summed E-state index contributed by atoms with van der Waals surface area (Å²) in [7, 11) is 4.49. The predicted molar refractivity (Wildman–Crippen MR) is 113 cm³/mol. The van der Waals surface area contributed by atoms with Crippen LogP contribution in [0.4, 0.5) is 10.5 Å². The Hall–Kier alpha value is -3.42. The van der Waals surface area contributed by atoms with Gasteiger partial charge in [0.15, 0.2) is 11.5 Å². The molecule has 2 amide bonds. The van der Waals surface area contributed by atoms with Crippen LogP contribution in [-0.2, 0) is 16.1 Å². The summed E-state index contributed by atoms with van der Waals surface area (Å²) >= 11 is 0. The monoisotopic (exact) mass is 416 g/mol. The SMILES string of the molecule is CCOC(=O)C(C)N(Cc1ccccc1)C(=O)Nc1cc(OC)c(OC)c(OC)c1. The van der Waals surface area contributed by atoms with Gasteiger partial charge in [0.2, 0.25) is 5.75 Å². The molecule has 0 heterocycles. The second-order valence-electron chi connectivity index (χ2n) is 6.39. The molecular weight excluding hydrogens is 388 g/mol. The van der Waals surface area contributed by atoms with E-state index in [1.807, 2.05) is 30.3 Å². The third kappa shape index (κ3) is 5.56. The van der Waals surface area contributed by atoms with E-state index in [9.17, 15) is 9.59 Å². The average Bonchev–Trinajstić information content (AvgIpc) is 2.76. The minimum Gasteiger partial charge on any atom is -0.493 e. The van der Waals surface area contributed by atoms with Gasteiger partial charge in [0.1, 0.15) is 6.04 Å². The molecule has 0 aliphatic rings. The zero-order valence-electron chi connectivity index (χ0n) is 17.9. The Morgan fingerprint density at radius 3 is 2.10 bits per heavy atom. The largest absolute Gasteiger partial charge is 0.493 e. The Morgan fingerprint density at radius 2 is 1.60 bits per heavy atom. The van der Waals surface area contributed by atoms with Gasteiger partial charge >= 0.3 is 12.0 Å². The van der Waals surface area contributed by atoms with Crippen LogP contribution in [0.3, 0.4) is 0 Å². The minimum atomic E-state index is -0.785. The summed E-state index contributed by atoms with van der Waals surface area (Å²) in [5.74, 6) is 0.743. The highest BCUT2D eigenvalue weighted by molar-refractivity contribution is 5.93. The average molecular weight is 416 g/mol. The number of nitrogens with zero attached hydrogens (tertiary/aromatic N) is 1. The first-order chi connectivity index (χ1) is 14.4. The number of ether oxygens (including phenoxy) is 4. The van der Waals surface area contributed by atoms with Crippen molar-refractivity contribution in [2.75, 3.05) is 33.3 Å². The van der Waals surface area contributed by atoms with E-state index < -0.39 is 18.0 Å². The molecule has 0 aliphatic carbocycles. The first kappa shape index (κ1) is 22.9. The maximum absolute atomic E-state index is 13.1. The van der Waals surface area contributed by atoms with Crippen LogP contribution in [0.15, 0.2) is 42.5 Å². The summed E-state index contributed by atoms with van der Waals surface area (Å²) in [4.78, 5) is 26.8. The molecule has 1 N–H and O–H groups in total. The molecule has 0 radical (unpaired) electrons. The smallest absolute Gasteiger partial charge is 0.328 e. The number of benzene rings is 2. The lowest BCUT2D eigenvalue weighted by molar-refractivity contribution is -0.147. The molecule has 1 atom stereocenters. The molecule has 0 aromatic heterocycles. The van der Waals surface area contributed by atoms with E-state index in [1.165, 1.54) is 26.2 Å². The maximum atomic E-state index is 13.1. The Labute approximate surface area is 176 Å². The van der Waals surface area contributed by atoms with Gasteiger partial charge in [-0.25, -0.2) is 9.59 Å². The number of carbonyl (C=O) groups excluding carboxylic acids is 2. The number of anilines is 1. The van der Waals surface area contributed by atoms with Gasteiger partial charge in [0.05, 0.1) is 33.6 Å². The lowest BCUT2D eigenvalue weighted by Gasteiger charge is -2.28. The molecule has 0 aliphatic heterocycles. The van der Waals surface area contributed by atoms with Crippen molar-refractivity contribution in [1.82, 2.24) is 4.90 Å². The Kier molecular flexibility index (Phi) is 8.34. The fourth-order valence-corrected chi connectivity index (χ4v) is 2.90. The fraction of sp³-hybridized carbons (Fsp3) is 0.364. The van der Waals surface area contributed by atoms with Crippen molar-refractivity contribution in [3.8, 4) is 17.2 Å². The van der Waals surface area contributed by atoms with E-state index in [0.29, 0.717) is 22.9 Å². The van der Waals surface area contributed by atoms with E-state index in [-0.39, 0.29) is 13.2 Å². The van der Waals surface area contributed by atoms with Crippen molar-refractivity contribution in [1.29, 1.82) is 0 Å². The van der Waals surface area contributed by atoms with Gasteiger partial charge in [0.25, 0.3) is 0 Å². The molecule has 0 saturated heterocycles. The zero-order valence-corrected chi connectivity index (χ0v) is 17.9. The molecule has 30 heavy (non-hydrogen) atoms. The highest BCUT2D eigenvalue weighted by atomic mass is 16.5. The maximum Gasteiger partial charge on any atom is 0.328 e. The number of amides is 2. The van der Waals surface area contributed by atoms with Crippen molar-refractivity contribution in [2.24, 2.45) is 0 Å². The number of hydrogen-bond acceptors (Lipinski definition) is 6. The highest BCUT2D eigenvalue weighted by Gasteiger charge is 2.28. The van der Waals surface area contributed by atoms with Crippen molar-refractivity contribution >= 4 is 17.7 Å². The number of nitrogens with one attached hydrogen (secondary N) is 1. The number of carbonyl (C=O) groups is 2. The quantitative estimate of drug-likeness (QED) is 0.628. The second-order valence-corrected chi connectivity index (χ2v) is 6.39. The molecule has 8 nitrogen and oxygen atoms in total. The third-order valence-corrected chi connectivity index (χ3v) is 4.47. The number of rotatable bonds is 9. The Morgan fingerprint density at radius 1 is 1.00 bits per heavy atom. The van der Waals surface area contributed by atoms with Crippen LogP contribution in [0, 0.1) is 0 Å². The molecule has 2 rings (SSSR count). The van der Waals surface area contributed by atoms with E-state index in [4.69, 9.17) is 18.9 Å². The summed E-state index contributed by atoms with van der Waals surface area (Å²) in [6.45, 7) is 3.83. The topological polar surface area (TPSA) is 86.3 Å². The van der Waals surface area contributed by atoms with E-state index in [1.54, 1.807) is 26.0 Å². The van der Waals surface area contributed by atoms with Gasteiger partial charge in [0, 0.05) is 18.7 Å². The third-order valence-electron chi connectivity index (χ3n) is 4.47.